The van der Waals surface area contributed by atoms with Crippen LogP contribution in [0.5, 0.6) is 0 Å². The van der Waals surface area contributed by atoms with Crippen LogP contribution in [0.25, 0.3) is 11.6 Å². The summed E-state index contributed by atoms with van der Waals surface area (Å²) in [6, 6.07) is 2.95. The van der Waals surface area contributed by atoms with Gasteiger partial charge in [-0.2, -0.15) is 4.90 Å². The highest BCUT2D eigenvalue weighted by molar-refractivity contribution is 6.08. The molecule has 0 aromatic carbocycles. The molecule has 0 aliphatic carbocycles. The number of carbonyl (C=O) groups is 2. The van der Waals surface area contributed by atoms with Gasteiger partial charge in [-0.05, 0) is 39.8 Å². The maximum atomic E-state index is 12.0. The third kappa shape index (κ3) is 4.06. The van der Waals surface area contributed by atoms with Crippen molar-refractivity contribution in [3.8, 4) is 11.6 Å². The number of nitrogens with zero attached hydrogens (tertiary/aromatic N) is 3. The molecule has 2 rings (SSSR count). The van der Waals surface area contributed by atoms with Crippen molar-refractivity contribution in [3.05, 3.63) is 30.3 Å². The third-order valence-corrected chi connectivity index (χ3v) is 2.61. The maximum absolute atomic E-state index is 12.0. The number of ether oxygens (including phenoxy) is 1. The summed E-state index contributed by atoms with van der Waals surface area (Å²) >= 11 is 0. The van der Waals surface area contributed by atoms with Gasteiger partial charge in [0.2, 0.25) is 5.89 Å². The largest absolute Gasteiger partial charge is 0.464 e. The van der Waals surface area contributed by atoms with Gasteiger partial charge in [-0.15, -0.1) is 0 Å². The fourth-order valence-corrected chi connectivity index (χ4v) is 1.72. The van der Waals surface area contributed by atoms with Gasteiger partial charge in [0.1, 0.15) is 17.1 Å². The van der Waals surface area contributed by atoms with Crippen LogP contribution in [0.3, 0.4) is 0 Å². The zero-order valence-electron chi connectivity index (χ0n) is 13.2. The molecule has 0 radical (unpaired) electrons. The molecule has 0 bridgehead atoms. The van der Waals surface area contributed by atoms with Crippen molar-refractivity contribution < 1.29 is 23.8 Å². The molecule has 23 heavy (non-hydrogen) atoms. The second-order valence-electron chi connectivity index (χ2n) is 5.78. The summed E-state index contributed by atoms with van der Waals surface area (Å²) in [7, 11) is 0. The molecule has 0 saturated heterocycles. The third-order valence-electron chi connectivity index (χ3n) is 2.61. The summed E-state index contributed by atoms with van der Waals surface area (Å²) in [5.74, 6) is 0.944. The van der Waals surface area contributed by atoms with Crippen molar-refractivity contribution in [2.45, 2.75) is 33.3 Å². The number of anilines is 1. The monoisotopic (exact) mass is 319 g/mol. The van der Waals surface area contributed by atoms with Crippen LogP contribution in [0.1, 0.15) is 26.5 Å². The number of hydrogen-bond donors (Lipinski definition) is 1. The Labute approximate surface area is 132 Å². The number of carbonyl (C=O) groups excluding carboxylic acids is 1. The quantitative estimate of drug-likeness (QED) is 0.903. The lowest BCUT2D eigenvalue weighted by molar-refractivity contribution is 0.0582. The van der Waals surface area contributed by atoms with Gasteiger partial charge in [0.15, 0.2) is 0 Å². The first-order valence-electron chi connectivity index (χ1n) is 6.82. The molecular formula is C15H17N3O5. The molecule has 8 nitrogen and oxygen atoms in total. The second kappa shape index (κ2) is 6.07. The predicted octanol–water partition coefficient (Wildman–Crippen LogP) is 3.46. The van der Waals surface area contributed by atoms with Crippen molar-refractivity contribution in [2.24, 2.45) is 0 Å². The number of carboxylic acid groups (broad SMARTS) is 1. The number of amides is 2. The Morgan fingerprint density at radius 2 is 1.91 bits per heavy atom. The van der Waals surface area contributed by atoms with E-state index in [1.54, 1.807) is 33.9 Å². The minimum absolute atomic E-state index is 0.0683. The average Bonchev–Trinajstić information content (AvgIpc) is 2.84. The lowest BCUT2D eigenvalue weighted by atomic mass is 10.2. The molecule has 2 aromatic heterocycles. The Morgan fingerprint density at radius 1 is 1.22 bits per heavy atom. The molecule has 1 N–H and O–H groups in total. The second-order valence-corrected chi connectivity index (χ2v) is 5.78. The highest BCUT2D eigenvalue weighted by Crippen LogP contribution is 2.22. The zero-order chi connectivity index (χ0) is 17.2. The minimum Gasteiger partial charge on any atom is -0.464 e. The molecule has 2 aromatic rings. The molecule has 122 valence electrons. The van der Waals surface area contributed by atoms with E-state index in [0.29, 0.717) is 22.2 Å². The van der Waals surface area contributed by atoms with E-state index >= 15 is 0 Å². The highest BCUT2D eigenvalue weighted by Gasteiger charge is 2.28. The Hall–Kier alpha value is -2.90. The van der Waals surface area contributed by atoms with Gasteiger partial charge < -0.3 is 14.3 Å². The molecule has 2 heterocycles. The molecule has 0 aliphatic rings. The topological polar surface area (TPSA) is 106 Å². The van der Waals surface area contributed by atoms with Crippen LogP contribution in [0.2, 0.25) is 0 Å². The number of aromatic nitrogens is 2. The molecule has 0 fully saturated rings. The van der Waals surface area contributed by atoms with Crippen molar-refractivity contribution in [1.82, 2.24) is 9.97 Å². The summed E-state index contributed by atoms with van der Waals surface area (Å²) in [5.41, 5.74) is -0.316. The van der Waals surface area contributed by atoms with Crippen LogP contribution in [0.4, 0.5) is 15.3 Å². The van der Waals surface area contributed by atoms with E-state index in [-0.39, 0.29) is 5.69 Å². The summed E-state index contributed by atoms with van der Waals surface area (Å²) < 4.78 is 10.4. The van der Waals surface area contributed by atoms with E-state index in [4.69, 9.17) is 9.15 Å². The summed E-state index contributed by atoms with van der Waals surface area (Å²) in [4.78, 5) is 32.0. The first-order valence-corrected chi connectivity index (χ1v) is 6.82. The van der Waals surface area contributed by atoms with Gasteiger partial charge in [0.25, 0.3) is 0 Å². The predicted molar refractivity (Wildman–Crippen MR) is 81.2 cm³/mol. The molecule has 0 unspecified atom stereocenters. The molecule has 0 saturated carbocycles. The van der Waals surface area contributed by atoms with Crippen LogP contribution in [-0.2, 0) is 4.74 Å². The molecule has 0 spiro atoms. The number of hydrogen-bond acceptors (Lipinski definition) is 6. The van der Waals surface area contributed by atoms with Crippen molar-refractivity contribution in [3.63, 3.8) is 0 Å². The molecule has 0 aliphatic heterocycles. The van der Waals surface area contributed by atoms with Gasteiger partial charge in [-0.1, -0.05) is 0 Å². The van der Waals surface area contributed by atoms with E-state index in [1.807, 2.05) is 0 Å². The van der Waals surface area contributed by atoms with Gasteiger partial charge in [-0.3, -0.25) is 0 Å². The van der Waals surface area contributed by atoms with E-state index in [9.17, 15) is 14.7 Å². The molecular weight excluding hydrogens is 302 g/mol. The standard InChI is InChI=1S/C15H17N3O5/c1-9-7-17-12(22-9)11-6-5-10(8-16-11)18(13(19)20)14(21)23-15(2,3)4/h5-8H,1-4H3,(H,19,20). The van der Waals surface area contributed by atoms with Gasteiger partial charge in [0.05, 0.1) is 18.1 Å². The van der Waals surface area contributed by atoms with Crippen molar-refractivity contribution in [1.29, 1.82) is 0 Å². The van der Waals surface area contributed by atoms with E-state index in [0.717, 1.165) is 0 Å². The number of imide groups is 1. The lowest BCUT2D eigenvalue weighted by Gasteiger charge is -2.24. The number of oxazole rings is 1. The average molecular weight is 319 g/mol. The SMILES string of the molecule is Cc1cnc(-c2ccc(N(C(=O)O)C(=O)OC(C)(C)C)cn2)o1. The van der Waals surface area contributed by atoms with E-state index in [2.05, 4.69) is 9.97 Å². The van der Waals surface area contributed by atoms with Gasteiger partial charge in [0, 0.05) is 0 Å². The summed E-state index contributed by atoms with van der Waals surface area (Å²) in [6.45, 7) is 6.70. The van der Waals surface area contributed by atoms with Crippen LogP contribution in [0.15, 0.2) is 28.9 Å². The molecule has 8 heteroatoms. The number of pyridine rings is 1. The normalized spacial score (nSPS) is 11.1. The first-order chi connectivity index (χ1) is 10.7. The first kappa shape index (κ1) is 16.5. The van der Waals surface area contributed by atoms with Crippen molar-refractivity contribution >= 4 is 17.9 Å². The summed E-state index contributed by atoms with van der Waals surface area (Å²) in [5, 5.41) is 9.25. The number of aryl methyl sites for hydroxylation is 1. The van der Waals surface area contributed by atoms with Crippen molar-refractivity contribution in [2.75, 3.05) is 4.90 Å². The van der Waals surface area contributed by atoms with Crippen LogP contribution < -0.4 is 4.90 Å². The van der Waals surface area contributed by atoms with Gasteiger partial charge >= 0.3 is 12.2 Å². The Balaban J connectivity index is 2.27. The van der Waals surface area contributed by atoms with Crippen LogP contribution in [-0.4, -0.2) is 32.9 Å². The van der Waals surface area contributed by atoms with Crippen LogP contribution >= 0.6 is 0 Å². The van der Waals surface area contributed by atoms with Crippen LogP contribution in [0, 0.1) is 6.92 Å². The molecule has 2 amide bonds. The Morgan fingerprint density at radius 3 is 2.35 bits per heavy atom. The van der Waals surface area contributed by atoms with Gasteiger partial charge in [-0.25, -0.2) is 19.6 Å². The minimum atomic E-state index is -1.46. The highest BCUT2D eigenvalue weighted by atomic mass is 16.6. The van der Waals surface area contributed by atoms with E-state index in [1.165, 1.54) is 18.3 Å². The van der Waals surface area contributed by atoms with E-state index < -0.39 is 17.8 Å². The molecule has 0 atom stereocenters. The summed E-state index contributed by atoms with van der Waals surface area (Å²) in [6.07, 6.45) is 0.342. The lowest BCUT2D eigenvalue weighted by Crippen LogP contribution is -2.40. The fraction of sp³-hybridized carbons (Fsp3) is 0.333. The maximum Gasteiger partial charge on any atom is 0.424 e. The Bertz CT molecular complexity index is 715. The zero-order valence-corrected chi connectivity index (χ0v) is 13.2. The smallest absolute Gasteiger partial charge is 0.424 e. The Kier molecular flexibility index (Phi) is 4.35. The number of rotatable bonds is 2. The fourth-order valence-electron chi connectivity index (χ4n) is 1.72.